The monoisotopic (exact) mass is 502 g/mol. The Morgan fingerprint density at radius 1 is 0.939 bits per heavy atom. The van der Waals surface area contributed by atoms with Gasteiger partial charge in [-0.25, -0.2) is 13.1 Å². The molecule has 0 amide bonds. The molecule has 0 fully saturated rings. The van der Waals surface area contributed by atoms with E-state index in [0.717, 1.165) is 10.8 Å². The molecule has 1 aromatic heterocycles. The van der Waals surface area contributed by atoms with Crippen molar-refractivity contribution in [1.29, 1.82) is 0 Å². The lowest BCUT2D eigenvalue weighted by atomic mass is 10.0. The van der Waals surface area contributed by atoms with E-state index in [4.69, 9.17) is 28.3 Å². The number of aliphatic hydroxyl groups is 1. The molecule has 0 spiro atoms. The Balaban J connectivity index is 1.79. The number of aromatic nitrogens is 2. The summed E-state index contributed by atoms with van der Waals surface area (Å²) < 4.78 is 27.7. The van der Waals surface area contributed by atoms with E-state index >= 15 is 0 Å². The normalized spacial score (nSPS) is 11.6. The van der Waals surface area contributed by atoms with E-state index in [-0.39, 0.29) is 18.0 Å². The first kappa shape index (κ1) is 23.4. The Bertz CT molecular complexity index is 1450. The summed E-state index contributed by atoms with van der Waals surface area (Å²) in [5, 5.41) is 23.4. The zero-order chi connectivity index (χ0) is 23.6. The van der Waals surface area contributed by atoms with E-state index in [1.165, 1.54) is 0 Å². The van der Waals surface area contributed by atoms with Gasteiger partial charge in [-0.3, -0.25) is 0 Å². The van der Waals surface area contributed by atoms with E-state index in [0.29, 0.717) is 38.4 Å². The third-order valence-electron chi connectivity index (χ3n) is 5.02. The van der Waals surface area contributed by atoms with E-state index in [1.54, 1.807) is 37.3 Å². The molecule has 0 aliphatic heterocycles. The minimum absolute atomic E-state index is 0.0657. The number of nitrogens with zero attached hydrogens (tertiary/aromatic N) is 2. The number of aliphatic hydroxyl groups excluding tert-OH is 1. The molecule has 33 heavy (non-hydrogen) atoms. The first-order chi connectivity index (χ1) is 15.8. The predicted molar refractivity (Wildman–Crippen MR) is 132 cm³/mol. The highest BCUT2D eigenvalue weighted by Gasteiger charge is 2.19. The van der Waals surface area contributed by atoms with E-state index in [1.807, 2.05) is 30.3 Å². The fraction of sp³-hybridized carbons (Fsp3) is 0.130. The fourth-order valence-corrected chi connectivity index (χ4v) is 5.00. The van der Waals surface area contributed by atoms with Crippen molar-refractivity contribution >= 4 is 55.5 Å². The summed E-state index contributed by atoms with van der Waals surface area (Å²) >= 11 is 12.1. The number of anilines is 2. The van der Waals surface area contributed by atoms with Gasteiger partial charge in [-0.05, 0) is 36.8 Å². The smallest absolute Gasteiger partial charge is 0.240 e. The summed E-state index contributed by atoms with van der Waals surface area (Å²) in [6.45, 7) is 1.36. The lowest BCUT2D eigenvalue weighted by Gasteiger charge is -2.13. The van der Waals surface area contributed by atoms with Crippen LogP contribution in [0.25, 0.3) is 22.0 Å². The SMILES string of the molecule is Cc1ccc(-c2nnc(Nc3ccc(Cl)c(Cl)c3)c3ccccc23)cc1S(=O)(=O)NCCO. The average Bonchev–Trinajstić information content (AvgIpc) is 2.81. The zero-order valence-corrected chi connectivity index (χ0v) is 19.8. The highest BCUT2D eigenvalue weighted by atomic mass is 35.5. The molecule has 170 valence electrons. The number of hydrogen-bond acceptors (Lipinski definition) is 6. The highest BCUT2D eigenvalue weighted by molar-refractivity contribution is 7.89. The third-order valence-corrected chi connectivity index (χ3v) is 7.37. The second kappa shape index (κ2) is 9.62. The van der Waals surface area contributed by atoms with Crippen molar-refractivity contribution in [2.24, 2.45) is 0 Å². The molecule has 10 heteroatoms. The van der Waals surface area contributed by atoms with E-state index < -0.39 is 10.0 Å². The average molecular weight is 503 g/mol. The largest absolute Gasteiger partial charge is 0.395 e. The molecule has 0 aliphatic carbocycles. The van der Waals surface area contributed by atoms with Crippen molar-refractivity contribution < 1.29 is 13.5 Å². The predicted octanol–water partition coefficient (Wildman–Crippen LogP) is 4.93. The maximum Gasteiger partial charge on any atom is 0.240 e. The molecule has 3 aromatic carbocycles. The van der Waals surface area contributed by atoms with E-state index in [2.05, 4.69) is 20.2 Å². The molecule has 0 atom stereocenters. The second-order valence-electron chi connectivity index (χ2n) is 7.30. The maximum atomic E-state index is 12.7. The molecule has 0 unspecified atom stereocenters. The van der Waals surface area contributed by atoms with Crippen LogP contribution in [0, 0.1) is 6.92 Å². The zero-order valence-electron chi connectivity index (χ0n) is 17.5. The van der Waals surface area contributed by atoms with Gasteiger partial charge in [0.25, 0.3) is 0 Å². The van der Waals surface area contributed by atoms with Crippen molar-refractivity contribution in [2.45, 2.75) is 11.8 Å². The number of benzene rings is 3. The summed E-state index contributed by atoms with van der Waals surface area (Å²) in [7, 11) is -3.79. The maximum absolute atomic E-state index is 12.7. The molecule has 0 saturated carbocycles. The molecule has 0 radical (unpaired) electrons. The Morgan fingerprint density at radius 2 is 1.70 bits per heavy atom. The molecule has 4 rings (SSSR count). The standard InChI is InChI=1S/C23H20Cl2N4O3S/c1-14-6-7-15(12-21(14)33(31,32)26-10-11-30)22-17-4-2-3-5-18(17)23(29-28-22)27-16-8-9-19(24)20(25)13-16/h2-9,12-13,26,30H,10-11H2,1H3,(H,27,29). The quantitative estimate of drug-likeness (QED) is 0.331. The number of sulfonamides is 1. The molecule has 7 nitrogen and oxygen atoms in total. The van der Waals surface area contributed by atoms with Crippen LogP contribution < -0.4 is 10.0 Å². The summed E-state index contributed by atoms with van der Waals surface area (Å²) in [6, 6.07) is 17.8. The van der Waals surface area contributed by atoms with Gasteiger partial charge in [0.1, 0.15) is 5.69 Å². The highest BCUT2D eigenvalue weighted by Crippen LogP contribution is 2.33. The molecular formula is C23H20Cl2N4O3S. The van der Waals surface area contributed by atoms with Crippen LogP contribution in [0.3, 0.4) is 0 Å². The van der Waals surface area contributed by atoms with Gasteiger partial charge >= 0.3 is 0 Å². The minimum Gasteiger partial charge on any atom is -0.395 e. The van der Waals surface area contributed by atoms with Gasteiger partial charge in [-0.2, -0.15) is 0 Å². The van der Waals surface area contributed by atoms with Crippen LogP contribution in [-0.2, 0) is 10.0 Å². The van der Waals surface area contributed by atoms with Crippen molar-refractivity contribution in [3.63, 3.8) is 0 Å². The molecule has 0 saturated heterocycles. The number of aryl methyl sites for hydroxylation is 1. The first-order valence-corrected chi connectivity index (χ1v) is 12.2. The van der Waals surface area contributed by atoms with Crippen LogP contribution in [0.15, 0.2) is 65.6 Å². The van der Waals surface area contributed by atoms with Crippen molar-refractivity contribution in [1.82, 2.24) is 14.9 Å². The number of fused-ring (bicyclic) bond motifs is 1. The van der Waals surface area contributed by atoms with Gasteiger partial charge in [-0.15, -0.1) is 10.2 Å². The van der Waals surface area contributed by atoms with Gasteiger partial charge in [-0.1, -0.05) is 59.6 Å². The Labute approximate surface area is 201 Å². The Hall–Kier alpha value is -2.75. The van der Waals surface area contributed by atoms with Crippen molar-refractivity contribution in [3.8, 4) is 11.3 Å². The third kappa shape index (κ3) is 4.95. The number of hydrogen-bond donors (Lipinski definition) is 3. The number of nitrogens with one attached hydrogen (secondary N) is 2. The first-order valence-electron chi connectivity index (χ1n) is 9.99. The van der Waals surface area contributed by atoms with Gasteiger partial charge in [0, 0.05) is 28.6 Å². The van der Waals surface area contributed by atoms with Gasteiger partial charge in [0.15, 0.2) is 5.82 Å². The molecular weight excluding hydrogens is 483 g/mol. The van der Waals surface area contributed by atoms with E-state index in [9.17, 15) is 8.42 Å². The molecule has 4 aromatic rings. The van der Waals surface area contributed by atoms with Crippen LogP contribution in [-0.4, -0.2) is 36.9 Å². The lowest BCUT2D eigenvalue weighted by molar-refractivity contribution is 0.301. The molecule has 0 aliphatic rings. The van der Waals surface area contributed by atoms with Crippen LogP contribution in [0.1, 0.15) is 5.56 Å². The second-order valence-corrected chi connectivity index (χ2v) is 9.85. The minimum atomic E-state index is -3.79. The summed E-state index contributed by atoms with van der Waals surface area (Å²) in [5.41, 5.74) is 2.44. The molecule has 1 heterocycles. The number of halogens is 2. The lowest BCUT2D eigenvalue weighted by Crippen LogP contribution is -2.27. The van der Waals surface area contributed by atoms with Crippen LogP contribution in [0.4, 0.5) is 11.5 Å². The van der Waals surface area contributed by atoms with Crippen LogP contribution in [0.2, 0.25) is 10.0 Å². The molecule has 0 bridgehead atoms. The van der Waals surface area contributed by atoms with Crippen molar-refractivity contribution in [3.05, 3.63) is 76.3 Å². The fourth-order valence-electron chi connectivity index (χ4n) is 3.41. The van der Waals surface area contributed by atoms with Crippen molar-refractivity contribution in [2.75, 3.05) is 18.5 Å². The number of rotatable bonds is 7. The summed E-state index contributed by atoms with van der Waals surface area (Å²) in [5.74, 6) is 0.525. The summed E-state index contributed by atoms with van der Waals surface area (Å²) in [4.78, 5) is 0.123. The Kier molecular flexibility index (Phi) is 6.83. The summed E-state index contributed by atoms with van der Waals surface area (Å²) in [6.07, 6.45) is 0. The van der Waals surface area contributed by atoms with Crippen LogP contribution in [0.5, 0.6) is 0 Å². The topological polar surface area (TPSA) is 104 Å². The van der Waals surface area contributed by atoms with Crippen LogP contribution >= 0.6 is 23.2 Å². The Morgan fingerprint density at radius 3 is 2.42 bits per heavy atom. The molecule has 3 N–H and O–H groups in total. The van der Waals surface area contributed by atoms with Gasteiger partial charge in [0.05, 0.1) is 21.5 Å². The van der Waals surface area contributed by atoms with Gasteiger partial charge in [0.2, 0.25) is 10.0 Å². The van der Waals surface area contributed by atoms with Gasteiger partial charge < -0.3 is 10.4 Å².